The second-order valence-corrected chi connectivity index (χ2v) is 4.54. The van der Waals surface area contributed by atoms with Crippen molar-refractivity contribution >= 4 is 27.1 Å². The van der Waals surface area contributed by atoms with E-state index < -0.39 is 22.9 Å². The van der Waals surface area contributed by atoms with Gasteiger partial charge in [0, 0.05) is 6.20 Å². The first kappa shape index (κ1) is 12.0. The van der Waals surface area contributed by atoms with Gasteiger partial charge in [-0.25, -0.2) is 8.78 Å². The van der Waals surface area contributed by atoms with Crippen LogP contribution in [0.4, 0.5) is 8.78 Å². The average molecular weight is 326 g/mol. The molecule has 1 aromatic carbocycles. The molecule has 0 aliphatic carbocycles. The summed E-state index contributed by atoms with van der Waals surface area (Å²) in [6.45, 7) is 0. The Morgan fingerprint density at radius 2 is 1.84 bits per heavy atom. The second-order valence-electron chi connectivity index (χ2n) is 3.86. The molecule has 0 saturated carbocycles. The van der Waals surface area contributed by atoms with Crippen LogP contribution in [0.25, 0.3) is 16.6 Å². The summed E-state index contributed by atoms with van der Waals surface area (Å²) in [6, 6.07) is 4.99. The van der Waals surface area contributed by atoms with Gasteiger partial charge < -0.3 is 0 Å². The largest absolute Gasteiger partial charge is 0.278 e. The fourth-order valence-electron chi connectivity index (χ4n) is 1.89. The van der Waals surface area contributed by atoms with Crippen LogP contribution < -0.4 is 5.56 Å². The van der Waals surface area contributed by atoms with E-state index in [1.54, 1.807) is 6.07 Å². The first-order valence-electron chi connectivity index (χ1n) is 5.29. The van der Waals surface area contributed by atoms with Crippen LogP contribution in [0.5, 0.6) is 0 Å². The molecule has 19 heavy (non-hydrogen) atoms. The number of pyridine rings is 1. The molecule has 2 aromatic heterocycles. The highest BCUT2D eigenvalue weighted by Gasteiger charge is 2.14. The summed E-state index contributed by atoms with van der Waals surface area (Å²) in [5.41, 5.74) is -0.401. The van der Waals surface area contributed by atoms with E-state index in [9.17, 15) is 13.6 Å². The number of hydrogen-bond donors (Lipinski definition) is 0. The predicted octanol–water partition coefficient (Wildman–Crippen LogP) is 2.62. The van der Waals surface area contributed by atoms with Crippen LogP contribution >= 0.6 is 16.1 Å². The second kappa shape index (κ2) is 4.27. The molecule has 7 heteroatoms. The molecule has 4 nitrogen and oxygen atoms in total. The molecule has 0 radical (unpaired) electrons. The van der Waals surface area contributed by atoms with E-state index in [0.29, 0.717) is 5.52 Å². The average Bonchev–Trinajstić information content (AvgIpc) is 2.74. The summed E-state index contributed by atoms with van der Waals surface area (Å²) in [7, 11) is 0. The van der Waals surface area contributed by atoms with E-state index in [0.717, 1.165) is 16.7 Å². The monoisotopic (exact) mass is 325 g/mol. The lowest BCUT2D eigenvalue weighted by atomic mass is 10.2. The molecule has 0 atom stereocenters. The molecule has 0 unspecified atom stereocenters. The van der Waals surface area contributed by atoms with Crippen LogP contribution in [0.1, 0.15) is 0 Å². The minimum absolute atomic E-state index is 0.266. The Bertz CT molecular complexity index is 820. The third-order valence-corrected chi connectivity index (χ3v) is 3.34. The Balaban J connectivity index is 2.38. The van der Waals surface area contributed by atoms with Gasteiger partial charge >= 0.3 is 0 Å². The zero-order valence-electron chi connectivity index (χ0n) is 9.35. The number of benzene rings is 1. The topological polar surface area (TPSA) is 39.8 Å². The fourth-order valence-corrected chi connectivity index (χ4v) is 2.29. The first-order chi connectivity index (χ1) is 9.09. The van der Waals surface area contributed by atoms with Crippen LogP contribution in [-0.4, -0.2) is 13.4 Å². The van der Waals surface area contributed by atoms with Crippen molar-refractivity contribution in [2.24, 2.45) is 0 Å². The van der Waals surface area contributed by atoms with Crippen molar-refractivity contribution in [1.29, 1.82) is 0 Å². The lowest BCUT2D eigenvalue weighted by Crippen LogP contribution is -2.19. The molecule has 0 saturated heterocycles. The number of para-hydroxylation sites is 1. The third kappa shape index (κ3) is 1.77. The summed E-state index contributed by atoms with van der Waals surface area (Å²) in [6.07, 6.45) is 2.65. The van der Waals surface area contributed by atoms with Gasteiger partial charge in [0.05, 0.1) is 33.2 Å². The molecule has 0 aliphatic rings. The highest BCUT2D eigenvalue weighted by atomic mass is 79.9. The van der Waals surface area contributed by atoms with Crippen LogP contribution in [0.15, 0.2) is 41.5 Å². The molecular weight excluding hydrogens is 320 g/mol. The van der Waals surface area contributed by atoms with Crippen LogP contribution in [0.2, 0.25) is 0 Å². The normalized spacial score (nSPS) is 11.1. The Hall–Kier alpha value is -2.02. The molecule has 0 N–H and O–H groups in total. The van der Waals surface area contributed by atoms with Crippen molar-refractivity contribution in [3.05, 3.63) is 58.6 Å². The maximum atomic E-state index is 13.7. The van der Waals surface area contributed by atoms with E-state index in [-0.39, 0.29) is 5.39 Å². The Morgan fingerprint density at radius 1 is 1.16 bits per heavy atom. The lowest BCUT2D eigenvalue weighted by molar-refractivity contribution is 0.567. The van der Waals surface area contributed by atoms with Crippen molar-refractivity contribution in [2.75, 3.05) is 0 Å². The van der Waals surface area contributed by atoms with Gasteiger partial charge in [0.15, 0.2) is 0 Å². The summed E-state index contributed by atoms with van der Waals surface area (Å²) in [4.78, 5) is 12.2. The van der Waals surface area contributed by atoms with E-state index in [2.05, 4.69) is 21.2 Å². The van der Waals surface area contributed by atoms with Crippen LogP contribution in [0, 0.1) is 11.6 Å². The Labute approximate surface area is 114 Å². The van der Waals surface area contributed by atoms with Gasteiger partial charge in [0.1, 0.15) is 17.3 Å². The molecule has 0 bridgehead atoms. The van der Waals surface area contributed by atoms with Gasteiger partial charge in [-0.15, -0.1) is 0 Å². The van der Waals surface area contributed by atoms with Gasteiger partial charge in [-0.3, -0.25) is 9.36 Å². The Kier molecular flexibility index (Phi) is 2.70. The predicted molar refractivity (Wildman–Crippen MR) is 69.6 cm³/mol. The highest BCUT2D eigenvalue weighted by Crippen LogP contribution is 2.18. The van der Waals surface area contributed by atoms with Gasteiger partial charge in [0.2, 0.25) is 0 Å². The van der Waals surface area contributed by atoms with E-state index in [1.807, 2.05) is 0 Å². The van der Waals surface area contributed by atoms with E-state index in [4.69, 9.17) is 0 Å². The minimum Gasteiger partial charge on any atom is -0.278 e. The maximum Gasteiger partial charge on any atom is 0.266 e. The third-order valence-electron chi connectivity index (χ3n) is 2.77. The smallest absolute Gasteiger partial charge is 0.266 e. The molecule has 0 spiro atoms. The van der Waals surface area contributed by atoms with Gasteiger partial charge in [-0.2, -0.15) is 8.81 Å². The molecular formula is C12H6BrF2N3O. The summed E-state index contributed by atoms with van der Waals surface area (Å²) in [5.74, 6) is -1.60. The number of halogens is 3. The Morgan fingerprint density at radius 3 is 2.53 bits per heavy atom. The van der Waals surface area contributed by atoms with Gasteiger partial charge in [-0.05, 0) is 18.2 Å². The fraction of sp³-hybridized carbons (Fsp3) is 0. The molecule has 2 heterocycles. The van der Waals surface area contributed by atoms with Crippen molar-refractivity contribution in [3.8, 4) is 5.69 Å². The molecule has 96 valence electrons. The summed E-state index contributed by atoms with van der Waals surface area (Å²) < 4.78 is 29.7. The molecule has 0 aliphatic heterocycles. The number of rotatable bonds is 1. The number of fused-ring (bicyclic) bond motifs is 1. The van der Waals surface area contributed by atoms with Gasteiger partial charge in [-0.1, -0.05) is 6.07 Å². The number of aromatic nitrogens is 3. The van der Waals surface area contributed by atoms with Crippen LogP contribution in [0.3, 0.4) is 0 Å². The summed E-state index contributed by atoms with van der Waals surface area (Å²) >= 11 is 3.12. The van der Waals surface area contributed by atoms with E-state index >= 15 is 0 Å². The zero-order valence-corrected chi connectivity index (χ0v) is 10.9. The molecule has 0 amide bonds. The van der Waals surface area contributed by atoms with Gasteiger partial charge in [0.25, 0.3) is 5.56 Å². The zero-order chi connectivity index (χ0) is 13.6. The van der Waals surface area contributed by atoms with E-state index in [1.165, 1.54) is 22.2 Å². The first-order valence-corrected chi connectivity index (χ1v) is 6.00. The highest BCUT2D eigenvalue weighted by molar-refractivity contribution is 9.08. The lowest BCUT2D eigenvalue weighted by Gasteiger charge is -2.08. The molecule has 3 aromatic rings. The van der Waals surface area contributed by atoms with Crippen molar-refractivity contribution in [3.63, 3.8) is 0 Å². The summed E-state index contributed by atoms with van der Waals surface area (Å²) in [5, 5.41) is 4.13. The minimum atomic E-state index is -0.798. The van der Waals surface area contributed by atoms with Crippen molar-refractivity contribution in [2.45, 2.75) is 0 Å². The number of hydrogen-bond acceptors (Lipinski definition) is 2. The SMILES string of the molecule is O=c1c2cnn(Br)c2ccn1-c1c(F)cccc1F. The maximum absolute atomic E-state index is 13.7. The van der Waals surface area contributed by atoms with Crippen molar-refractivity contribution in [1.82, 2.24) is 13.4 Å². The number of nitrogens with zero attached hydrogens (tertiary/aromatic N) is 3. The molecule has 0 fully saturated rings. The van der Waals surface area contributed by atoms with Crippen LogP contribution in [-0.2, 0) is 0 Å². The quantitative estimate of drug-likeness (QED) is 0.690. The standard InChI is InChI=1S/C12H6BrF2N3O/c13-18-10-4-5-17(12(19)7(10)6-16-18)11-8(14)2-1-3-9(11)15/h1-6H. The molecule has 3 rings (SSSR count). The van der Waals surface area contributed by atoms with Crippen molar-refractivity contribution < 1.29 is 8.78 Å².